The average molecular weight is 757 g/mol. The van der Waals surface area contributed by atoms with Crippen molar-refractivity contribution in [3.05, 3.63) is 45.6 Å². The van der Waals surface area contributed by atoms with Crippen LogP contribution >= 0.6 is 0 Å². The van der Waals surface area contributed by atoms with Crippen LogP contribution in [0.4, 0.5) is 0 Å². The average Bonchev–Trinajstić information content (AvgIpc) is 3.13. The Balaban J connectivity index is 1.72. The number of aromatic hydroxyl groups is 3. The highest BCUT2D eigenvalue weighted by molar-refractivity contribution is 5.92. The van der Waals surface area contributed by atoms with Gasteiger partial charge in [-0.15, -0.1) is 0 Å². The summed E-state index contributed by atoms with van der Waals surface area (Å²) >= 11 is 0. The van der Waals surface area contributed by atoms with Crippen molar-refractivity contribution in [2.24, 2.45) is 0 Å². The minimum atomic E-state index is -2.18. The van der Waals surface area contributed by atoms with Gasteiger partial charge >= 0.3 is 0 Å². The molecule has 14 N–H and O–H groups in total. The topological polar surface area (TPSA) is 350 Å². The molecule has 20 heteroatoms. The van der Waals surface area contributed by atoms with Crippen molar-refractivity contribution >= 4 is 11.0 Å². The molecule has 0 spiro atoms. The van der Waals surface area contributed by atoms with Crippen molar-refractivity contribution in [3.8, 4) is 34.3 Å². The number of ether oxygens (including phenoxy) is 4. The first-order valence-corrected chi connectivity index (χ1v) is 16.4. The largest absolute Gasteiger partial charge is 0.506 e. The molecule has 3 aromatic rings. The Morgan fingerprint density at radius 1 is 0.642 bits per heavy atom. The highest BCUT2D eigenvalue weighted by Crippen LogP contribution is 2.52. The van der Waals surface area contributed by atoms with Crippen molar-refractivity contribution in [3.63, 3.8) is 0 Å². The van der Waals surface area contributed by atoms with Crippen LogP contribution in [-0.4, -0.2) is 164 Å². The number of phenols is 3. The summed E-state index contributed by atoms with van der Waals surface area (Å²) in [5, 5.41) is 148. The molecule has 4 heterocycles. The molecule has 0 aliphatic carbocycles. The van der Waals surface area contributed by atoms with Crippen LogP contribution in [0, 0.1) is 0 Å². The second kappa shape index (κ2) is 14.8. The number of aliphatic hydroxyl groups is 11. The SMILES string of the molecule is C[C@@H]1O[C@@H](Oc2c([C@@H]3O[C@@H](CO)[C@@H](O)[C@H](O)[C@H]3O)c(O)c3c(=O)cc(-c4ccc(O)c(O)c4)oc3c2[C@@H]2O[C@H](CO)[C@@H](O)[C@H](O)[C@@H]2O)[C@H](O)[C@@H](O)[C@H]1O. The number of hydrogen-bond donors (Lipinski definition) is 14. The summed E-state index contributed by atoms with van der Waals surface area (Å²) in [4.78, 5) is 14.0. The predicted molar refractivity (Wildman–Crippen MR) is 171 cm³/mol. The molecule has 3 aliphatic heterocycles. The first-order valence-electron chi connectivity index (χ1n) is 16.4. The molecule has 15 atom stereocenters. The van der Waals surface area contributed by atoms with E-state index in [2.05, 4.69) is 0 Å². The second-order valence-corrected chi connectivity index (χ2v) is 13.2. The molecule has 3 aliphatic rings. The third-order valence-corrected chi connectivity index (χ3v) is 9.83. The monoisotopic (exact) mass is 756 g/mol. The molecular weight excluding hydrogens is 716 g/mol. The zero-order valence-electron chi connectivity index (χ0n) is 27.6. The van der Waals surface area contributed by atoms with Gasteiger partial charge in [-0.25, -0.2) is 0 Å². The van der Waals surface area contributed by atoms with E-state index in [-0.39, 0.29) is 11.3 Å². The number of phenolic OH excluding ortho intramolecular Hbond substituents is 3. The van der Waals surface area contributed by atoms with Gasteiger partial charge < -0.3 is 94.9 Å². The Kier molecular flexibility index (Phi) is 10.9. The third kappa shape index (κ3) is 6.59. The Labute approximate surface area is 297 Å². The van der Waals surface area contributed by atoms with Gasteiger partial charge in [0.05, 0.1) is 30.4 Å². The minimum Gasteiger partial charge on any atom is -0.506 e. The van der Waals surface area contributed by atoms with Gasteiger partial charge in [0, 0.05) is 11.6 Å². The summed E-state index contributed by atoms with van der Waals surface area (Å²) in [5.41, 5.74) is -3.21. The maximum atomic E-state index is 14.0. The van der Waals surface area contributed by atoms with E-state index in [0.29, 0.717) is 0 Å². The Bertz CT molecular complexity index is 1860. The molecule has 1 aromatic heterocycles. The molecular formula is C33H40O20. The summed E-state index contributed by atoms with van der Waals surface area (Å²) in [7, 11) is 0. The summed E-state index contributed by atoms with van der Waals surface area (Å²) in [6, 6.07) is 4.14. The van der Waals surface area contributed by atoms with Crippen molar-refractivity contribution in [2.75, 3.05) is 13.2 Å². The lowest BCUT2D eigenvalue weighted by Crippen LogP contribution is -2.58. The molecule has 292 valence electrons. The maximum absolute atomic E-state index is 14.0. The number of fused-ring (bicyclic) bond motifs is 1. The highest BCUT2D eigenvalue weighted by atomic mass is 16.7. The van der Waals surface area contributed by atoms with Crippen molar-refractivity contribution in [1.29, 1.82) is 0 Å². The lowest BCUT2D eigenvalue weighted by Gasteiger charge is -2.44. The Morgan fingerprint density at radius 2 is 1.19 bits per heavy atom. The molecule has 0 amide bonds. The molecule has 3 saturated heterocycles. The van der Waals surface area contributed by atoms with Crippen LogP contribution in [0.25, 0.3) is 22.3 Å². The van der Waals surface area contributed by atoms with Gasteiger partial charge in [-0.1, -0.05) is 0 Å². The lowest BCUT2D eigenvalue weighted by molar-refractivity contribution is -0.270. The van der Waals surface area contributed by atoms with E-state index in [1.807, 2.05) is 0 Å². The fourth-order valence-electron chi connectivity index (χ4n) is 6.77. The molecule has 53 heavy (non-hydrogen) atoms. The fourth-order valence-corrected chi connectivity index (χ4v) is 6.77. The molecule has 6 rings (SSSR count). The Hall–Kier alpha value is -3.71. The molecule has 3 fully saturated rings. The van der Waals surface area contributed by atoms with E-state index in [0.717, 1.165) is 18.2 Å². The minimum absolute atomic E-state index is 0.0315. The standard InChI is InChI=1S/C33H40O20/c1-8-19(39)23(43)28(48)33(49-8)53-30-17(31-26(46)24(44)20(40)14(6-34)51-31)22(42)16-12(38)5-13(9-2-3-10(36)11(37)4-9)50-29(16)18(30)32-27(47)25(45)21(41)15(7-35)52-32/h2-5,8,14-15,19-21,23-28,31-37,39-48H,6-7H2,1H3/t8-,14-,15+,19-,20+,21+,23-,24-,25-,26+,27-,28+,31-,32-,33-/m0/s1. The summed E-state index contributed by atoms with van der Waals surface area (Å²) in [5.74, 6) is -3.46. The van der Waals surface area contributed by atoms with Crippen LogP contribution in [0.5, 0.6) is 23.0 Å². The molecule has 0 bridgehead atoms. The lowest BCUT2D eigenvalue weighted by atomic mass is 9.85. The van der Waals surface area contributed by atoms with E-state index in [4.69, 9.17) is 23.4 Å². The van der Waals surface area contributed by atoms with Crippen LogP contribution < -0.4 is 10.2 Å². The van der Waals surface area contributed by atoms with Crippen molar-refractivity contribution < 1.29 is 94.9 Å². The van der Waals surface area contributed by atoms with Crippen LogP contribution in [0.15, 0.2) is 33.5 Å². The molecule has 0 unspecified atom stereocenters. The van der Waals surface area contributed by atoms with E-state index < -0.39 is 155 Å². The predicted octanol–water partition coefficient (Wildman–Crippen LogP) is -4.19. The number of benzene rings is 2. The number of hydrogen-bond acceptors (Lipinski definition) is 20. The first-order chi connectivity index (χ1) is 25.0. The summed E-state index contributed by atoms with van der Waals surface area (Å²) in [6.45, 7) is -0.618. The first kappa shape index (κ1) is 39.0. The number of aliphatic hydroxyl groups excluding tert-OH is 11. The molecule has 20 nitrogen and oxygen atoms in total. The van der Waals surface area contributed by atoms with Crippen LogP contribution in [0.3, 0.4) is 0 Å². The van der Waals surface area contributed by atoms with Crippen molar-refractivity contribution in [1.82, 2.24) is 0 Å². The Morgan fingerprint density at radius 3 is 1.74 bits per heavy atom. The van der Waals surface area contributed by atoms with Gasteiger partial charge in [0.2, 0.25) is 6.29 Å². The van der Waals surface area contributed by atoms with E-state index in [9.17, 15) is 76.3 Å². The quantitative estimate of drug-likeness (QED) is 0.102. The van der Waals surface area contributed by atoms with Crippen LogP contribution in [0.2, 0.25) is 0 Å². The van der Waals surface area contributed by atoms with Gasteiger partial charge in [0.25, 0.3) is 0 Å². The van der Waals surface area contributed by atoms with E-state index >= 15 is 0 Å². The third-order valence-electron chi connectivity index (χ3n) is 9.83. The number of rotatable bonds is 7. The van der Waals surface area contributed by atoms with Gasteiger partial charge in [0.1, 0.15) is 102 Å². The van der Waals surface area contributed by atoms with Gasteiger partial charge in [0.15, 0.2) is 22.5 Å². The second-order valence-electron chi connectivity index (χ2n) is 13.2. The van der Waals surface area contributed by atoms with Gasteiger partial charge in [-0.2, -0.15) is 0 Å². The molecule has 0 radical (unpaired) electrons. The van der Waals surface area contributed by atoms with Crippen LogP contribution in [-0.2, 0) is 14.2 Å². The maximum Gasteiger partial charge on any atom is 0.229 e. The highest BCUT2D eigenvalue weighted by Gasteiger charge is 2.52. The normalized spacial score (nSPS) is 37.8. The van der Waals surface area contributed by atoms with Gasteiger partial charge in [-0.3, -0.25) is 4.79 Å². The molecule has 0 saturated carbocycles. The van der Waals surface area contributed by atoms with Crippen molar-refractivity contribution in [2.45, 2.75) is 98.7 Å². The summed E-state index contributed by atoms with van der Waals surface area (Å²) < 4.78 is 29.3. The zero-order valence-corrected chi connectivity index (χ0v) is 27.6. The van der Waals surface area contributed by atoms with Gasteiger partial charge in [-0.05, 0) is 25.1 Å². The zero-order chi connectivity index (χ0) is 38.8. The fraction of sp³-hybridized carbons (Fsp3) is 0.545. The van der Waals surface area contributed by atoms with E-state index in [1.165, 1.54) is 13.0 Å². The van der Waals surface area contributed by atoms with E-state index in [1.54, 1.807) is 0 Å². The molecule has 2 aromatic carbocycles. The van der Waals surface area contributed by atoms with Crippen LogP contribution in [0.1, 0.15) is 30.3 Å². The smallest absolute Gasteiger partial charge is 0.229 e. The summed E-state index contributed by atoms with van der Waals surface area (Å²) in [6.07, 6.45) is -28.6.